The molecule has 1 aromatic carbocycles. The monoisotopic (exact) mass is 365 g/mol. The normalized spacial score (nSPS) is 14.3. The van der Waals surface area contributed by atoms with E-state index in [9.17, 15) is 14.7 Å². The maximum absolute atomic E-state index is 11.6. The molecule has 1 saturated heterocycles. The van der Waals surface area contributed by atoms with Gasteiger partial charge in [-0.3, -0.25) is 0 Å². The highest BCUT2D eigenvalue weighted by molar-refractivity contribution is 6.30. The molecule has 3 rings (SSSR count). The van der Waals surface area contributed by atoms with Crippen molar-refractivity contribution in [2.45, 2.75) is 6.42 Å². The zero-order valence-electron chi connectivity index (χ0n) is 13.2. The van der Waals surface area contributed by atoms with E-state index in [2.05, 4.69) is 10.5 Å². The molecule has 0 saturated carbocycles. The summed E-state index contributed by atoms with van der Waals surface area (Å²) in [4.78, 5) is 24.7. The van der Waals surface area contributed by atoms with Gasteiger partial charge in [-0.25, -0.2) is 9.59 Å². The number of carboxylic acid groups (broad SMARTS) is 1. The summed E-state index contributed by atoms with van der Waals surface area (Å²) in [6.07, 6.45) is 0.407. The highest BCUT2D eigenvalue weighted by atomic mass is 35.5. The Bertz CT molecular complexity index is 775. The maximum Gasteiger partial charge on any atom is 0.409 e. The summed E-state index contributed by atoms with van der Waals surface area (Å²) in [7, 11) is 0. The van der Waals surface area contributed by atoms with E-state index in [0.29, 0.717) is 36.8 Å². The van der Waals surface area contributed by atoms with Crippen LogP contribution in [0.1, 0.15) is 16.8 Å². The first kappa shape index (κ1) is 17.1. The number of hydrogen-bond donors (Lipinski definition) is 2. The number of aromatic carboxylic acids is 1. The third kappa shape index (κ3) is 3.85. The third-order valence-corrected chi connectivity index (χ3v) is 3.99. The van der Waals surface area contributed by atoms with Gasteiger partial charge in [-0.2, -0.15) is 0 Å². The van der Waals surface area contributed by atoms with Crippen LogP contribution < -0.4 is 5.32 Å². The third-order valence-electron chi connectivity index (χ3n) is 3.74. The number of ether oxygens (including phenoxy) is 1. The van der Waals surface area contributed by atoms with Crippen LogP contribution in [0, 0.1) is 0 Å². The van der Waals surface area contributed by atoms with Crippen LogP contribution in [0.15, 0.2) is 28.8 Å². The second kappa shape index (κ2) is 7.43. The van der Waals surface area contributed by atoms with E-state index in [4.69, 9.17) is 20.9 Å². The molecular weight excluding hydrogens is 350 g/mol. The van der Waals surface area contributed by atoms with Gasteiger partial charge in [0.2, 0.25) is 0 Å². The summed E-state index contributed by atoms with van der Waals surface area (Å²) in [5.74, 6) is -0.905. The van der Waals surface area contributed by atoms with Gasteiger partial charge in [-0.05, 0) is 30.7 Å². The number of cyclic esters (lactones) is 1. The van der Waals surface area contributed by atoms with Crippen LogP contribution in [0.5, 0.6) is 0 Å². The number of amides is 1. The molecular formula is C16H16ClN3O5. The number of anilines is 1. The number of halogens is 1. The second-order valence-electron chi connectivity index (χ2n) is 5.43. The molecule has 132 valence electrons. The summed E-state index contributed by atoms with van der Waals surface area (Å²) in [5.41, 5.74) is 0.491. The Kier molecular flexibility index (Phi) is 5.08. The van der Waals surface area contributed by atoms with E-state index in [1.807, 2.05) is 0 Å². The second-order valence-corrected chi connectivity index (χ2v) is 5.87. The molecule has 0 atom stereocenters. The molecule has 2 N–H and O–H groups in total. The standard InChI is InChI=1S/C16H16ClN3O5/c17-11-4-2-10(3-5-11)13-12(15(21)22)14(19-25-13)18-6-8-20-7-1-9-24-16(20)23/h2-5H,1,6-9H2,(H,18,19)(H,21,22). The van der Waals surface area contributed by atoms with E-state index in [1.165, 1.54) is 0 Å². The lowest BCUT2D eigenvalue weighted by atomic mass is 10.1. The molecule has 0 radical (unpaired) electrons. The first-order chi connectivity index (χ1) is 12.1. The smallest absolute Gasteiger partial charge is 0.409 e. The lowest BCUT2D eigenvalue weighted by Gasteiger charge is -2.26. The lowest BCUT2D eigenvalue weighted by molar-refractivity contribution is 0.0695. The van der Waals surface area contributed by atoms with Crippen LogP contribution in [0.25, 0.3) is 11.3 Å². The fourth-order valence-electron chi connectivity index (χ4n) is 2.52. The number of nitrogens with one attached hydrogen (secondary N) is 1. The van der Waals surface area contributed by atoms with Crippen molar-refractivity contribution in [3.63, 3.8) is 0 Å². The van der Waals surface area contributed by atoms with Crippen LogP contribution in [0.4, 0.5) is 10.6 Å². The highest BCUT2D eigenvalue weighted by Crippen LogP contribution is 2.30. The van der Waals surface area contributed by atoms with Gasteiger partial charge in [0.1, 0.15) is 0 Å². The number of hydrogen-bond acceptors (Lipinski definition) is 6. The molecule has 0 unspecified atom stereocenters. The SMILES string of the molecule is O=C(O)c1c(NCCN2CCCOC2=O)noc1-c1ccc(Cl)cc1. The minimum atomic E-state index is -1.16. The molecule has 1 aromatic heterocycles. The number of rotatable bonds is 6. The average Bonchev–Trinajstić information content (AvgIpc) is 3.01. The number of benzene rings is 1. The lowest BCUT2D eigenvalue weighted by Crippen LogP contribution is -2.40. The molecule has 1 aliphatic rings. The Balaban J connectivity index is 1.72. The number of carboxylic acids is 1. The maximum atomic E-state index is 11.6. The van der Waals surface area contributed by atoms with Gasteiger partial charge in [-0.15, -0.1) is 0 Å². The molecule has 2 heterocycles. The van der Waals surface area contributed by atoms with Crippen molar-refractivity contribution in [1.29, 1.82) is 0 Å². The predicted molar refractivity (Wildman–Crippen MR) is 89.9 cm³/mol. The van der Waals surface area contributed by atoms with Gasteiger partial charge in [0, 0.05) is 30.2 Å². The van der Waals surface area contributed by atoms with Crippen molar-refractivity contribution < 1.29 is 24.0 Å². The number of nitrogens with zero attached hydrogens (tertiary/aromatic N) is 2. The Morgan fingerprint density at radius 1 is 1.36 bits per heavy atom. The Labute approximate surface area is 148 Å². The molecule has 0 spiro atoms. The fourth-order valence-corrected chi connectivity index (χ4v) is 2.64. The number of aromatic nitrogens is 1. The van der Waals surface area contributed by atoms with Crippen molar-refractivity contribution in [2.75, 3.05) is 31.6 Å². The van der Waals surface area contributed by atoms with E-state index < -0.39 is 5.97 Å². The zero-order valence-corrected chi connectivity index (χ0v) is 14.0. The molecule has 2 aromatic rings. The van der Waals surface area contributed by atoms with E-state index in [0.717, 1.165) is 6.42 Å². The van der Waals surface area contributed by atoms with Crippen LogP contribution in [0.2, 0.25) is 5.02 Å². The molecule has 0 bridgehead atoms. The Hall–Kier alpha value is -2.74. The highest BCUT2D eigenvalue weighted by Gasteiger charge is 2.24. The van der Waals surface area contributed by atoms with Crippen LogP contribution in [-0.4, -0.2) is 53.5 Å². The Morgan fingerprint density at radius 2 is 2.12 bits per heavy atom. The van der Waals surface area contributed by atoms with Gasteiger partial charge in [-0.1, -0.05) is 16.8 Å². The zero-order chi connectivity index (χ0) is 17.8. The van der Waals surface area contributed by atoms with Gasteiger partial charge >= 0.3 is 12.1 Å². The minimum absolute atomic E-state index is 0.0662. The molecule has 8 nitrogen and oxygen atoms in total. The summed E-state index contributed by atoms with van der Waals surface area (Å²) in [6.45, 7) is 1.74. The molecule has 1 amide bonds. The van der Waals surface area contributed by atoms with Gasteiger partial charge < -0.3 is 24.6 Å². The van der Waals surface area contributed by atoms with Crippen molar-refractivity contribution >= 4 is 29.5 Å². The summed E-state index contributed by atoms with van der Waals surface area (Å²) >= 11 is 5.84. The summed E-state index contributed by atoms with van der Waals surface area (Å²) in [6, 6.07) is 6.59. The van der Waals surface area contributed by atoms with Gasteiger partial charge in [0.15, 0.2) is 17.1 Å². The van der Waals surface area contributed by atoms with Crippen molar-refractivity contribution in [1.82, 2.24) is 10.1 Å². The quantitative estimate of drug-likeness (QED) is 0.810. The summed E-state index contributed by atoms with van der Waals surface area (Å²) in [5, 5.41) is 16.7. The fraction of sp³-hybridized carbons (Fsp3) is 0.312. The van der Waals surface area contributed by atoms with Crippen LogP contribution in [-0.2, 0) is 4.74 Å². The minimum Gasteiger partial charge on any atom is -0.477 e. The Morgan fingerprint density at radius 3 is 2.80 bits per heavy atom. The first-order valence-corrected chi connectivity index (χ1v) is 8.08. The number of carbonyl (C=O) groups excluding carboxylic acids is 1. The molecule has 0 aliphatic carbocycles. The van der Waals surface area contributed by atoms with Gasteiger partial charge in [0.25, 0.3) is 0 Å². The topological polar surface area (TPSA) is 105 Å². The van der Waals surface area contributed by atoms with Crippen molar-refractivity contribution in [3.8, 4) is 11.3 Å². The molecule has 25 heavy (non-hydrogen) atoms. The predicted octanol–water partition coefficient (Wildman–Crippen LogP) is 2.95. The van der Waals surface area contributed by atoms with Gasteiger partial charge in [0.05, 0.1) is 6.61 Å². The molecule has 9 heteroatoms. The van der Waals surface area contributed by atoms with E-state index in [1.54, 1.807) is 29.2 Å². The largest absolute Gasteiger partial charge is 0.477 e. The van der Waals surface area contributed by atoms with Crippen LogP contribution >= 0.6 is 11.6 Å². The average molecular weight is 366 g/mol. The summed E-state index contributed by atoms with van der Waals surface area (Å²) < 4.78 is 10.2. The van der Waals surface area contributed by atoms with Crippen LogP contribution in [0.3, 0.4) is 0 Å². The molecule has 1 fully saturated rings. The molecule has 1 aliphatic heterocycles. The van der Waals surface area contributed by atoms with E-state index in [-0.39, 0.29) is 23.2 Å². The first-order valence-electron chi connectivity index (χ1n) is 7.70. The number of carbonyl (C=O) groups is 2. The van der Waals surface area contributed by atoms with Crippen molar-refractivity contribution in [3.05, 3.63) is 34.9 Å². The van der Waals surface area contributed by atoms with Crippen molar-refractivity contribution in [2.24, 2.45) is 0 Å². The van der Waals surface area contributed by atoms with E-state index >= 15 is 0 Å².